The lowest BCUT2D eigenvalue weighted by Crippen LogP contribution is -2.36. The van der Waals surface area contributed by atoms with Crippen LogP contribution in [0.4, 0.5) is 0 Å². The smallest absolute Gasteiger partial charge is 0.291 e. The topological polar surface area (TPSA) is 96.5 Å². The highest BCUT2D eigenvalue weighted by Gasteiger charge is 2.49. The van der Waals surface area contributed by atoms with Crippen LogP contribution in [0.5, 0.6) is 0 Å². The molecule has 2 aliphatic rings. The number of rotatable bonds is 2. The third-order valence-corrected chi connectivity index (χ3v) is 5.34. The Morgan fingerprint density at radius 2 is 2.41 bits per heavy atom. The van der Waals surface area contributed by atoms with Gasteiger partial charge in [-0.2, -0.15) is 0 Å². The van der Waals surface area contributed by atoms with Crippen molar-refractivity contribution in [1.29, 1.82) is 0 Å². The van der Waals surface area contributed by atoms with Gasteiger partial charge in [0.05, 0.1) is 0 Å². The van der Waals surface area contributed by atoms with E-state index >= 15 is 0 Å². The molecule has 7 heteroatoms. The number of carbonyl (C=O) groups is 1. The van der Waals surface area contributed by atoms with Gasteiger partial charge in [0, 0.05) is 37.1 Å². The summed E-state index contributed by atoms with van der Waals surface area (Å²) in [5.41, 5.74) is 6.36. The van der Waals surface area contributed by atoms with E-state index < -0.39 is 0 Å². The van der Waals surface area contributed by atoms with E-state index in [0.717, 1.165) is 19.4 Å². The largest absolute Gasteiger partial charge is 0.336 e. The predicted molar refractivity (Wildman–Crippen MR) is 80.5 cm³/mol. The maximum absolute atomic E-state index is 12.7. The summed E-state index contributed by atoms with van der Waals surface area (Å²) in [6, 6.07) is 0. The van der Waals surface area contributed by atoms with E-state index in [1.807, 2.05) is 4.90 Å². The molecule has 0 spiro atoms. The number of hydrogen-bond donors (Lipinski definition) is 2. The fourth-order valence-corrected chi connectivity index (χ4v) is 4.10. The molecular weight excluding hydrogens is 282 g/mol. The quantitative estimate of drug-likeness (QED) is 0.829. The average molecular weight is 301 g/mol. The van der Waals surface area contributed by atoms with E-state index in [-0.39, 0.29) is 22.5 Å². The summed E-state index contributed by atoms with van der Waals surface area (Å²) in [5.74, 6) is 0.396. The second-order valence-electron chi connectivity index (χ2n) is 6.49. The normalized spacial score (nSPS) is 27.5. The highest BCUT2D eigenvalue weighted by Crippen LogP contribution is 2.48. The highest BCUT2D eigenvalue weighted by atomic mass is 16.2. The molecule has 2 aromatic heterocycles. The first kappa shape index (κ1) is 13.5. The van der Waals surface area contributed by atoms with Crippen LogP contribution in [0.2, 0.25) is 0 Å². The number of H-pyrrole nitrogens is 1. The Labute approximate surface area is 127 Å². The van der Waals surface area contributed by atoms with Crippen LogP contribution in [0, 0.1) is 11.3 Å². The molecule has 2 aromatic rings. The first-order chi connectivity index (χ1) is 10.6. The molecular formula is C15H19N5O2. The standard InChI is InChI=1S/C15H19N5O2/c16-8-15-3-1-2-10(15)6-20(9-15)14(22)11-7-19-5-4-17-13(21)12(19)18-11/h4-5,7,10H,1-3,6,8-9,16H2,(H,17,21)/t10-,15-/m0/s1. The van der Waals surface area contributed by atoms with Crippen molar-refractivity contribution in [3.8, 4) is 0 Å². The van der Waals surface area contributed by atoms with E-state index in [9.17, 15) is 9.59 Å². The van der Waals surface area contributed by atoms with Gasteiger partial charge in [-0.15, -0.1) is 0 Å². The van der Waals surface area contributed by atoms with Crippen molar-refractivity contribution < 1.29 is 4.79 Å². The molecule has 116 valence electrons. The minimum atomic E-state index is -0.293. The van der Waals surface area contributed by atoms with Gasteiger partial charge >= 0.3 is 0 Å². The van der Waals surface area contributed by atoms with Crippen LogP contribution in [0.25, 0.3) is 5.65 Å². The molecule has 2 atom stereocenters. The Hall–Kier alpha value is -2.15. The van der Waals surface area contributed by atoms with E-state index in [1.54, 1.807) is 16.8 Å². The lowest BCUT2D eigenvalue weighted by molar-refractivity contribution is 0.0765. The minimum Gasteiger partial charge on any atom is -0.336 e. The van der Waals surface area contributed by atoms with Crippen molar-refractivity contribution in [2.75, 3.05) is 19.6 Å². The second kappa shape index (κ2) is 4.67. The van der Waals surface area contributed by atoms with Crippen LogP contribution in [-0.2, 0) is 0 Å². The van der Waals surface area contributed by atoms with Gasteiger partial charge in [-0.25, -0.2) is 4.98 Å². The SMILES string of the molecule is NC[C@]12CCC[C@H]1CN(C(=O)c1cn3cc[nH]c(=O)c3n1)C2. The third kappa shape index (κ3) is 1.81. The zero-order valence-corrected chi connectivity index (χ0v) is 12.3. The number of nitrogens with zero attached hydrogens (tertiary/aromatic N) is 3. The van der Waals surface area contributed by atoms with Gasteiger partial charge in [-0.05, 0) is 25.3 Å². The maximum Gasteiger partial charge on any atom is 0.291 e. The number of hydrogen-bond acceptors (Lipinski definition) is 4. The Bertz CT molecular complexity index is 795. The highest BCUT2D eigenvalue weighted by molar-refractivity contribution is 5.93. The molecule has 7 nitrogen and oxygen atoms in total. The molecule has 3 N–H and O–H groups in total. The summed E-state index contributed by atoms with van der Waals surface area (Å²) in [5, 5.41) is 0. The van der Waals surface area contributed by atoms with Crippen LogP contribution in [0.1, 0.15) is 29.8 Å². The summed E-state index contributed by atoms with van der Waals surface area (Å²) in [6.45, 7) is 2.09. The number of carbonyl (C=O) groups excluding carboxylic acids is 1. The predicted octanol–water partition coefficient (Wildman–Crippen LogP) is 0.224. The number of likely N-dealkylation sites (tertiary alicyclic amines) is 1. The zero-order valence-electron chi connectivity index (χ0n) is 12.3. The zero-order chi connectivity index (χ0) is 15.3. The van der Waals surface area contributed by atoms with Crippen LogP contribution in [0.3, 0.4) is 0 Å². The van der Waals surface area contributed by atoms with E-state index in [2.05, 4.69) is 9.97 Å². The fraction of sp³-hybridized carbons (Fsp3) is 0.533. The molecule has 0 bridgehead atoms. The lowest BCUT2D eigenvalue weighted by Gasteiger charge is -2.26. The Morgan fingerprint density at radius 1 is 1.55 bits per heavy atom. The third-order valence-electron chi connectivity index (χ3n) is 5.34. The molecule has 0 unspecified atom stereocenters. The van der Waals surface area contributed by atoms with Gasteiger partial charge in [0.1, 0.15) is 5.69 Å². The summed E-state index contributed by atoms with van der Waals surface area (Å²) in [7, 11) is 0. The van der Waals surface area contributed by atoms with Crippen LogP contribution >= 0.6 is 0 Å². The van der Waals surface area contributed by atoms with Gasteiger partial charge in [0.25, 0.3) is 11.5 Å². The Balaban J connectivity index is 1.64. The number of imidazole rings is 1. The summed E-state index contributed by atoms with van der Waals surface area (Å²) in [6.07, 6.45) is 8.29. The molecule has 4 rings (SSSR count). The molecule has 1 aliphatic carbocycles. The van der Waals surface area contributed by atoms with E-state index in [4.69, 9.17) is 5.73 Å². The van der Waals surface area contributed by atoms with E-state index in [0.29, 0.717) is 24.7 Å². The maximum atomic E-state index is 12.7. The van der Waals surface area contributed by atoms with Gasteiger partial charge in [0.15, 0.2) is 0 Å². The van der Waals surface area contributed by atoms with Gasteiger partial charge < -0.3 is 20.0 Å². The van der Waals surface area contributed by atoms with Gasteiger partial charge in [0.2, 0.25) is 5.65 Å². The molecule has 22 heavy (non-hydrogen) atoms. The molecule has 1 saturated carbocycles. The van der Waals surface area contributed by atoms with Crippen molar-refractivity contribution in [2.45, 2.75) is 19.3 Å². The van der Waals surface area contributed by atoms with Crippen LogP contribution in [0.15, 0.2) is 23.4 Å². The van der Waals surface area contributed by atoms with Gasteiger partial charge in [-0.1, -0.05) is 6.42 Å². The number of nitrogens with one attached hydrogen (secondary N) is 1. The van der Waals surface area contributed by atoms with Crippen molar-refractivity contribution in [2.24, 2.45) is 17.1 Å². The molecule has 0 aromatic carbocycles. The molecule has 1 saturated heterocycles. The molecule has 0 radical (unpaired) electrons. The van der Waals surface area contributed by atoms with Crippen molar-refractivity contribution >= 4 is 11.6 Å². The van der Waals surface area contributed by atoms with Gasteiger partial charge in [-0.3, -0.25) is 9.59 Å². The molecule has 3 heterocycles. The van der Waals surface area contributed by atoms with Crippen LogP contribution in [-0.4, -0.2) is 44.8 Å². The number of aromatic amines is 1. The molecule has 1 amide bonds. The average Bonchev–Trinajstić information content (AvgIpc) is 3.18. The molecule has 1 aliphatic heterocycles. The minimum absolute atomic E-state index is 0.0896. The van der Waals surface area contributed by atoms with Crippen molar-refractivity contribution in [3.05, 3.63) is 34.6 Å². The van der Waals surface area contributed by atoms with Crippen molar-refractivity contribution in [1.82, 2.24) is 19.3 Å². The summed E-state index contributed by atoms with van der Waals surface area (Å²) in [4.78, 5) is 33.0. The number of fused-ring (bicyclic) bond motifs is 2. The number of nitrogens with two attached hydrogens (primary N) is 1. The lowest BCUT2D eigenvalue weighted by atomic mass is 9.81. The van der Waals surface area contributed by atoms with Crippen LogP contribution < -0.4 is 11.3 Å². The first-order valence-corrected chi connectivity index (χ1v) is 7.69. The summed E-state index contributed by atoms with van der Waals surface area (Å²) >= 11 is 0. The van der Waals surface area contributed by atoms with E-state index in [1.165, 1.54) is 12.6 Å². The Kier molecular flexibility index (Phi) is 2.87. The monoisotopic (exact) mass is 301 g/mol. The molecule has 2 fully saturated rings. The fourth-order valence-electron chi connectivity index (χ4n) is 4.10. The second-order valence-corrected chi connectivity index (χ2v) is 6.49. The summed E-state index contributed by atoms with van der Waals surface area (Å²) < 4.78 is 1.58. The first-order valence-electron chi connectivity index (χ1n) is 7.69. The number of aromatic nitrogens is 3. The van der Waals surface area contributed by atoms with Crippen molar-refractivity contribution in [3.63, 3.8) is 0 Å². The Morgan fingerprint density at radius 3 is 3.14 bits per heavy atom. The number of amides is 1.